The molecule has 4 heteroatoms. The predicted molar refractivity (Wildman–Crippen MR) is 88.8 cm³/mol. The smallest absolute Gasteiger partial charge is 0.244 e. The van der Waals surface area contributed by atoms with Crippen LogP contribution in [0.5, 0.6) is 0 Å². The maximum atomic E-state index is 12.2. The van der Waals surface area contributed by atoms with Crippen molar-refractivity contribution in [1.29, 1.82) is 0 Å². The van der Waals surface area contributed by atoms with E-state index in [9.17, 15) is 4.79 Å². The van der Waals surface area contributed by atoms with Crippen molar-refractivity contribution in [2.24, 2.45) is 0 Å². The first-order chi connectivity index (χ1) is 10.2. The van der Waals surface area contributed by atoms with Crippen molar-refractivity contribution in [3.05, 3.63) is 41.7 Å². The molecule has 116 valence electrons. The molecule has 0 aliphatic carbocycles. The SMILES string of the molecule is CC/C=C/OCN(C(=O)CCl)c1c(CC)cccc1CC. The van der Waals surface area contributed by atoms with Gasteiger partial charge in [0.25, 0.3) is 0 Å². The average Bonchev–Trinajstić information content (AvgIpc) is 2.53. The molecule has 1 amide bonds. The summed E-state index contributed by atoms with van der Waals surface area (Å²) in [6.07, 6.45) is 6.17. The van der Waals surface area contributed by atoms with Gasteiger partial charge in [-0.3, -0.25) is 9.69 Å². The zero-order chi connectivity index (χ0) is 15.7. The van der Waals surface area contributed by atoms with Crippen molar-refractivity contribution >= 4 is 23.2 Å². The van der Waals surface area contributed by atoms with Crippen molar-refractivity contribution in [3.8, 4) is 0 Å². The molecule has 0 unspecified atom stereocenters. The molecular weight excluding hydrogens is 286 g/mol. The number of anilines is 1. The average molecular weight is 310 g/mol. The maximum Gasteiger partial charge on any atom is 0.244 e. The van der Waals surface area contributed by atoms with Gasteiger partial charge in [0.15, 0.2) is 6.73 Å². The van der Waals surface area contributed by atoms with Gasteiger partial charge < -0.3 is 4.74 Å². The lowest BCUT2D eigenvalue weighted by Crippen LogP contribution is -2.35. The lowest BCUT2D eigenvalue weighted by Gasteiger charge is -2.26. The van der Waals surface area contributed by atoms with Crippen molar-refractivity contribution in [1.82, 2.24) is 0 Å². The summed E-state index contributed by atoms with van der Waals surface area (Å²) in [5.41, 5.74) is 3.21. The number of carbonyl (C=O) groups excluding carboxylic acids is 1. The zero-order valence-electron chi connectivity index (χ0n) is 13.1. The highest BCUT2D eigenvalue weighted by Gasteiger charge is 2.20. The molecule has 0 radical (unpaired) electrons. The van der Waals surface area contributed by atoms with Crippen LogP contribution in [0.1, 0.15) is 38.3 Å². The number of ether oxygens (including phenoxy) is 1. The molecule has 0 bridgehead atoms. The summed E-state index contributed by atoms with van der Waals surface area (Å²) in [4.78, 5) is 13.8. The van der Waals surface area contributed by atoms with Crippen molar-refractivity contribution < 1.29 is 9.53 Å². The standard InChI is InChI=1S/C17H24ClNO2/c1-4-7-11-21-13-19(16(20)12-18)17-14(5-2)9-8-10-15(17)6-3/h7-11H,4-6,12-13H2,1-3H3/b11-7+. The molecule has 21 heavy (non-hydrogen) atoms. The summed E-state index contributed by atoms with van der Waals surface area (Å²) < 4.78 is 5.48. The number of nitrogens with zero attached hydrogens (tertiary/aromatic N) is 1. The molecule has 0 heterocycles. The first-order valence-electron chi connectivity index (χ1n) is 7.43. The summed E-state index contributed by atoms with van der Waals surface area (Å²) in [6.45, 7) is 6.38. The topological polar surface area (TPSA) is 29.5 Å². The van der Waals surface area contributed by atoms with E-state index < -0.39 is 0 Å². The zero-order valence-corrected chi connectivity index (χ0v) is 13.8. The van der Waals surface area contributed by atoms with Gasteiger partial charge in [0.05, 0.1) is 11.9 Å². The summed E-state index contributed by atoms with van der Waals surface area (Å²) in [5, 5.41) is 0. The molecule has 0 aliphatic heterocycles. The predicted octanol–water partition coefficient (Wildman–Crippen LogP) is 4.28. The normalized spacial score (nSPS) is 10.9. The van der Waals surface area contributed by atoms with Crippen LogP contribution in [0.3, 0.4) is 0 Å². The van der Waals surface area contributed by atoms with Crippen LogP contribution in [0.15, 0.2) is 30.5 Å². The Labute approximate surface area is 132 Å². The van der Waals surface area contributed by atoms with E-state index in [1.54, 1.807) is 11.2 Å². The van der Waals surface area contributed by atoms with Gasteiger partial charge in [-0.2, -0.15) is 0 Å². The van der Waals surface area contributed by atoms with Crippen LogP contribution in [-0.4, -0.2) is 18.5 Å². The van der Waals surface area contributed by atoms with E-state index >= 15 is 0 Å². The highest BCUT2D eigenvalue weighted by Crippen LogP contribution is 2.27. The minimum Gasteiger partial charge on any atom is -0.481 e. The van der Waals surface area contributed by atoms with Gasteiger partial charge in [0, 0.05) is 0 Å². The van der Waals surface area contributed by atoms with Crippen LogP contribution < -0.4 is 4.90 Å². The molecule has 3 nitrogen and oxygen atoms in total. The van der Waals surface area contributed by atoms with Crippen molar-refractivity contribution in [2.75, 3.05) is 17.5 Å². The van der Waals surface area contributed by atoms with Gasteiger partial charge in [0.1, 0.15) is 5.88 Å². The number of para-hydroxylation sites is 1. The number of carbonyl (C=O) groups is 1. The lowest BCUT2D eigenvalue weighted by molar-refractivity contribution is -0.117. The van der Waals surface area contributed by atoms with Crippen LogP contribution in [-0.2, 0) is 22.4 Å². The Hall–Kier alpha value is -1.48. The molecule has 1 rings (SSSR count). The monoisotopic (exact) mass is 309 g/mol. The van der Waals surface area contributed by atoms with Crippen LogP contribution in [0, 0.1) is 0 Å². The fourth-order valence-corrected chi connectivity index (χ4v) is 2.32. The first kappa shape index (κ1) is 17.6. The van der Waals surface area contributed by atoms with E-state index in [-0.39, 0.29) is 18.5 Å². The fourth-order valence-electron chi connectivity index (χ4n) is 2.18. The number of halogens is 1. The molecule has 0 aromatic heterocycles. The van der Waals surface area contributed by atoms with E-state index in [2.05, 4.69) is 13.8 Å². The third-order valence-electron chi connectivity index (χ3n) is 3.28. The lowest BCUT2D eigenvalue weighted by atomic mass is 10.0. The largest absolute Gasteiger partial charge is 0.481 e. The van der Waals surface area contributed by atoms with Crippen LogP contribution >= 0.6 is 11.6 Å². The number of allylic oxidation sites excluding steroid dienone is 1. The molecule has 0 spiro atoms. The molecular formula is C17H24ClNO2. The molecule has 0 saturated heterocycles. The molecule has 0 atom stereocenters. The van der Waals surface area contributed by atoms with Gasteiger partial charge in [-0.05, 0) is 30.4 Å². The van der Waals surface area contributed by atoms with E-state index in [0.717, 1.165) is 36.1 Å². The molecule has 1 aromatic carbocycles. The third-order valence-corrected chi connectivity index (χ3v) is 3.51. The third kappa shape index (κ3) is 4.78. The number of hydrogen-bond donors (Lipinski definition) is 0. The minimum absolute atomic E-state index is 0.0535. The highest BCUT2D eigenvalue weighted by molar-refractivity contribution is 6.29. The molecule has 0 aliphatic rings. The molecule has 0 N–H and O–H groups in total. The second kappa shape index (κ2) is 9.46. The van der Waals surface area contributed by atoms with E-state index in [0.29, 0.717) is 0 Å². The quantitative estimate of drug-likeness (QED) is 0.407. The first-order valence-corrected chi connectivity index (χ1v) is 7.96. The van der Waals surface area contributed by atoms with Crippen LogP contribution in [0.4, 0.5) is 5.69 Å². The molecule has 0 fully saturated rings. The van der Waals surface area contributed by atoms with Crippen molar-refractivity contribution in [3.63, 3.8) is 0 Å². The Balaban J connectivity index is 3.12. The van der Waals surface area contributed by atoms with Crippen molar-refractivity contribution in [2.45, 2.75) is 40.0 Å². The summed E-state index contributed by atoms with van der Waals surface area (Å²) in [5.74, 6) is -0.195. The van der Waals surface area contributed by atoms with Gasteiger partial charge in [-0.25, -0.2) is 0 Å². The Morgan fingerprint density at radius 3 is 2.33 bits per heavy atom. The van der Waals surface area contributed by atoms with E-state index in [1.807, 2.05) is 31.2 Å². The van der Waals surface area contributed by atoms with E-state index in [1.165, 1.54) is 0 Å². The second-order valence-electron chi connectivity index (χ2n) is 4.66. The van der Waals surface area contributed by atoms with Gasteiger partial charge >= 0.3 is 0 Å². The maximum absolute atomic E-state index is 12.2. The summed E-state index contributed by atoms with van der Waals surface area (Å²) in [7, 11) is 0. The van der Waals surface area contributed by atoms with E-state index in [4.69, 9.17) is 16.3 Å². The Morgan fingerprint density at radius 1 is 1.24 bits per heavy atom. The highest BCUT2D eigenvalue weighted by atomic mass is 35.5. The Bertz CT molecular complexity index is 463. The summed E-state index contributed by atoms with van der Waals surface area (Å²) >= 11 is 5.76. The number of alkyl halides is 1. The Kier molecular flexibility index (Phi) is 7.91. The summed E-state index contributed by atoms with van der Waals surface area (Å²) in [6, 6.07) is 6.12. The van der Waals surface area contributed by atoms with Crippen LogP contribution in [0.2, 0.25) is 0 Å². The number of hydrogen-bond acceptors (Lipinski definition) is 2. The Morgan fingerprint density at radius 2 is 1.86 bits per heavy atom. The fraction of sp³-hybridized carbons (Fsp3) is 0.471. The van der Waals surface area contributed by atoms with Crippen LogP contribution in [0.25, 0.3) is 0 Å². The van der Waals surface area contributed by atoms with Gasteiger partial charge in [-0.15, -0.1) is 11.6 Å². The number of aryl methyl sites for hydroxylation is 2. The van der Waals surface area contributed by atoms with Gasteiger partial charge in [0.2, 0.25) is 5.91 Å². The number of amides is 1. The second-order valence-corrected chi connectivity index (χ2v) is 4.93. The number of rotatable bonds is 8. The number of benzene rings is 1. The minimum atomic E-state index is -0.142. The molecule has 1 aromatic rings. The van der Waals surface area contributed by atoms with Gasteiger partial charge in [-0.1, -0.05) is 45.0 Å². The molecule has 0 saturated carbocycles.